The van der Waals surface area contributed by atoms with Crippen molar-refractivity contribution in [2.24, 2.45) is 0 Å². The van der Waals surface area contributed by atoms with Gasteiger partial charge in [-0.2, -0.15) is 0 Å². The Morgan fingerprint density at radius 3 is 2.33 bits per heavy atom. The predicted octanol–water partition coefficient (Wildman–Crippen LogP) is -0.476. The molecule has 0 spiro atoms. The summed E-state index contributed by atoms with van der Waals surface area (Å²) in [6.07, 6.45) is 1.77. The number of sulfone groups is 1. The number of carboxylic acid groups (broad SMARTS) is 1. The summed E-state index contributed by atoms with van der Waals surface area (Å²) in [4.78, 5) is 21.1. The molecule has 0 saturated heterocycles. The molecular formula is C8H13NO5S. The third-order valence-electron chi connectivity index (χ3n) is 1.34. The summed E-state index contributed by atoms with van der Waals surface area (Å²) in [7, 11) is -3.32. The molecule has 1 unspecified atom stereocenters. The third kappa shape index (κ3) is 8.95. The molecule has 0 aromatic rings. The highest BCUT2D eigenvalue weighted by Crippen LogP contribution is 1.97. The second-order valence-electron chi connectivity index (χ2n) is 3.06. The summed E-state index contributed by atoms with van der Waals surface area (Å²) >= 11 is 0. The van der Waals surface area contributed by atoms with Gasteiger partial charge in [-0.3, -0.25) is 9.59 Å². The first-order chi connectivity index (χ1) is 6.70. The van der Waals surface area contributed by atoms with Gasteiger partial charge in [0.05, 0.1) is 12.5 Å². The van der Waals surface area contributed by atoms with Crippen LogP contribution in [0.25, 0.3) is 0 Å². The van der Waals surface area contributed by atoms with Crippen molar-refractivity contribution in [3.05, 3.63) is 11.5 Å². The van der Waals surface area contributed by atoms with Crippen LogP contribution in [0.5, 0.6) is 0 Å². The number of nitrogens with one attached hydrogen (secondary N) is 1. The maximum atomic E-state index is 10.8. The molecule has 1 atom stereocenters. The van der Waals surface area contributed by atoms with Crippen LogP contribution in [-0.2, 0) is 19.4 Å². The first kappa shape index (κ1) is 13.6. The molecule has 0 aliphatic heterocycles. The molecule has 1 amide bonds. The van der Waals surface area contributed by atoms with E-state index in [9.17, 15) is 18.0 Å². The van der Waals surface area contributed by atoms with Crippen LogP contribution in [0, 0.1) is 0 Å². The minimum absolute atomic E-state index is 0.356. The van der Waals surface area contributed by atoms with E-state index in [4.69, 9.17) is 5.11 Å². The lowest BCUT2D eigenvalue weighted by molar-refractivity contribution is -0.137. The normalized spacial score (nSPS) is 13.7. The summed E-state index contributed by atoms with van der Waals surface area (Å²) < 4.78 is 21.5. The van der Waals surface area contributed by atoms with E-state index in [1.807, 2.05) is 0 Å². The van der Waals surface area contributed by atoms with E-state index >= 15 is 0 Å². The van der Waals surface area contributed by atoms with Gasteiger partial charge in [-0.05, 0) is 0 Å². The molecule has 0 aliphatic carbocycles. The number of carboxylic acids is 1. The molecule has 0 aliphatic rings. The fraction of sp³-hybridized carbons (Fsp3) is 0.500. The lowest BCUT2D eigenvalue weighted by atomic mass is 10.2. The zero-order valence-electron chi connectivity index (χ0n) is 8.43. The van der Waals surface area contributed by atoms with E-state index in [0.717, 1.165) is 17.7 Å². The highest BCUT2D eigenvalue weighted by atomic mass is 32.2. The molecule has 86 valence electrons. The quantitative estimate of drug-likeness (QED) is 0.670. The standard InChI is InChI=1S/C8H13NO5S/c1-6(10)9-7(5-8(11)12)3-4-15(2,13)14/h3-4,7H,5H2,1-2H3,(H,9,10)(H,11,12). The number of rotatable bonds is 5. The van der Waals surface area contributed by atoms with Gasteiger partial charge in [0.1, 0.15) is 0 Å². The fourth-order valence-corrected chi connectivity index (χ4v) is 1.33. The van der Waals surface area contributed by atoms with Crippen LogP contribution < -0.4 is 5.32 Å². The van der Waals surface area contributed by atoms with Crippen molar-refractivity contribution in [1.82, 2.24) is 5.32 Å². The molecule has 15 heavy (non-hydrogen) atoms. The van der Waals surface area contributed by atoms with Crippen molar-refractivity contribution in [3.8, 4) is 0 Å². The van der Waals surface area contributed by atoms with E-state index in [0.29, 0.717) is 0 Å². The number of carbonyl (C=O) groups excluding carboxylic acids is 1. The van der Waals surface area contributed by atoms with Gasteiger partial charge in [0, 0.05) is 18.6 Å². The lowest BCUT2D eigenvalue weighted by Gasteiger charge is -2.10. The van der Waals surface area contributed by atoms with Crippen molar-refractivity contribution >= 4 is 21.7 Å². The van der Waals surface area contributed by atoms with Gasteiger partial charge >= 0.3 is 5.97 Å². The van der Waals surface area contributed by atoms with Crippen molar-refractivity contribution in [2.45, 2.75) is 19.4 Å². The molecule has 0 rings (SSSR count). The predicted molar refractivity (Wildman–Crippen MR) is 53.8 cm³/mol. The topological polar surface area (TPSA) is 101 Å². The van der Waals surface area contributed by atoms with E-state index in [-0.39, 0.29) is 6.42 Å². The number of carbonyl (C=O) groups is 2. The van der Waals surface area contributed by atoms with Gasteiger partial charge in [-0.25, -0.2) is 8.42 Å². The molecule has 7 heteroatoms. The largest absolute Gasteiger partial charge is 0.481 e. The van der Waals surface area contributed by atoms with Gasteiger partial charge < -0.3 is 10.4 Å². The number of hydrogen-bond acceptors (Lipinski definition) is 4. The lowest BCUT2D eigenvalue weighted by Crippen LogP contribution is -2.33. The molecule has 0 bridgehead atoms. The van der Waals surface area contributed by atoms with Crippen LogP contribution in [0.1, 0.15) is 13.3 Å². The van der Waals surface area contributed by atoms with Crippen LogP contribution in [0.4, 0.5) is 0 Å². The van der Waals surface area contributed by atoms with Gasteiger partial charge in [0.2, 0.25) is 5.91 Å². The number of hydrogen-bond donors (Lipinski definition) is 2. The Bertz CT molecular complexity index is 354. The number of amides is 1. The van der Waals surface area contributed by atoms with Gasteiger partial charge in [-0.1, -0.05) is 6.08 Å². The van der Waals surface area contributed by atoms with E-state index in [2.05, 4.69) is 5.32 Å². The molecule has 0 fully saturated rings. The first-order valence-corrected chi connectivity index (χ1v) is 6.03. The van der Waals surface area contributed by atoms with Crippen LogP contribution in [0.2, 0.25) is 0 Å². The highest BCUT2D eigenvalue weighted by Gasteiger charge is 2.11. The molecular weight excluding hydrogens is 222 g/mol. The summed E-state index contributed by atoms with van der Waals surface area (Å²) in [5.74, 6) is -1.54. The molecule has 0 radical (unpaired) electrons. The SMILES string of the molecule is CC(=O)NC(C=CS(C)(=O)=O)CC(=O)O. The molecule has 0 heterocycles. The average Bonchev–Trinajstić information content (AvgIpc) is 1.96. The van der Waals surface area contributed by atoms with Gasteiger partial charge in [0.15, 0.2) is 9.84 Å². The Labute approximate surface area is 87.9 Å². The molecule has 0 saturated carbocycles. The highest BCUT2D eigenvalue weighted by molar-refractivity contribution is 7.93. The van der Waals surface area contributed by atoms with E-state index < -0.39 is 27.8 Å². The Morgan fingerprint density at radius 1 is 1.47 bits per heavy atom. The van der Waals surface area contributed by atoms with Gasteiger partial charge in [0.25, 0.3) is 0 Å². The van der Waals surface area contributed by atoms with Gasteiger partial charge in [-0.15, -0.1) is 0 Å². The molecule has 2 N–H and O–H groups in total. The van der Waals surface area contributed by atoms with Crippen LogP contribution >= 0.6 is 0 Å². The van der Waals surface area contributed by atoms with Crippen LogP contribution in [-0.4, -0.2) is 37.7 Å². The summed E-state index contributed by atoms with van der Waals surface area (Å²) in [6, 6.07) is -0.810. The monoisotopic (exact) mass is 235 g/mol. The van der Waals surface area contributed by atoms with Crippen molar-refractivity contribution in [2.75, 3.05) is 6.26 Å². The molecule has 0 aromatic carbocycles. The molecule has 6 nitrogen and oxygen atoms in total. The zero-order chi connectivity index (χ0) is 12.1. The maximum absolute atomic E-state index is 10.8. The zero-order valence-corrected chi connectivity index (χ0v) is 9.24. The first-order valence-electron chi connectivity index (χ1n) is 4.08. The Kier molecular flexibility index (Phi) is 4.99. The van der Waals surface area contributed by atoms with Crippen LogP contribution in [0.3, 0.4) is 0 Å². The molecule has 0 aromatic heterocycles. The maximum Gasteiger partial charge on any atom is 0.305 e. The second kappa shape index (κ2) is 5.50. The minimum atomic E-state index is -3.32. The Morgan fingerprint density at radius 2 is 2.00 bits per heavy atom. The van der Waals surface area contributed by atoms with Crippen molar-refractivity contribution < 1.29 is 23.1 Å². The van der Waals surface area contributed by atoms with E-state index in [1.54, 1.807) is 0 Å². The number of aliphatic carboxylic acids is 1. The Balaban J connectivity index is 4.57. The summed E-state index contributed by atoms with van der Waals surface area (Å²) in [5, 5.41) is 11.7. The smallest absolute Gasteiger partial charge is 0.305 e. The second-order valence-corrected chi connectivity index (χ2v) is 4.99. The third-order valence-corrected chi connectivity index (χ3v) is 1.99. The fourth-order valence-electron chi connectivity index (χ4n) is 0.854. The summed E-state index contributed by atoms with van der Waals surface area (Å²) in [5.41, 5.74) is 0. The van der Waals surface area contributed by atoms with Crippen LogP contribution in [0.15, 0.2) is 11.5 Å². The van der Waals surface area contributed by atoms with Crippen molar-refractivity contribution in [1.29, 1.82) is 0 Å². The van der Waals surface area contributed by atoms with E-state index in [1.165, 1.54) is 6.92 Å². The Hall–Kier alpha value is -1.37. The average molecular weight is 235 g/mol. The minimum Gasteiger partial charge on any atom is -0.481 e. The summed E-state index contributed by atoms with van der Waals surface area (Å²) in [6.45, 7) is 1.23. The van der Waals surface area contributed by atoms with Crippen molar-refractivity contribution in [3.63, 3.8) is 0 Å².